The second kappa shape index (κ2) is 38.3. The largest absolute Gasteiger partial charge is 0.310 e. The third kappa shape index (κ3) is 18.4. The molecule has 1 heterocycles. The van der Waals surface area contributed by atoms with Gasteiger partial charge in [-0.05, 0) is 237 Å². The Morgan fingerprint density at radius 3 is 0.952 bits per heavy atom. The van der Waals surface area contributed by atoms with E-state index in [-0.39, 0.29) is 5.41 Å². The molecule has 0 aliphatic heterocycles. The first-order chi connectivity index (χ1) is 61.9. The van der Waals surface area contributed by atoms with Crippen molar-refractivity contribution in [2.45, 2.75) is 19.3 Å². The zero-order chi connectivity index (χ0) is 85.7. The molecule has 0 bridgehead atoms. The third-order valence-corrected chi connectivity index (χ3v) is 25.0. The van der Waals surface area contributed by atoms with Crippen molar-refractivity contribution in [2.75, 3.05) is 19.6 Å². The molecular formula is C117H86Cl4N4S. The lowest BCUT2D eigenvalue weighted by Gasteiger charge is -2.30. The van der Waals surface area contributed by atoms with Gasteiger partial charge in [-0.25, -0.2) is 0 Å². The first kappa shape index (κ1) is 82.7. The SMILES string of the molecule is CC1(C)c2ccccc2-c2c(N(c3cccc(Cl)c3)c3ccccc3-c3ccccc3)cccc21.Clc1cccc(N(c2ccc(-c3ccccc3)cc2)c2ccc(-c3ccccc3)cc2)c1.Clc1cccc(N(c2ccc(-c3ccccc3)cc2)c2cccc(-c3ccccc3)c2)c1.Clc1cccc(N(c2ccccc2)c2ccc3sc4ccccc4c3c2)c1. The third-order valence-electron chi connectivity index (χ3n) is 22.9. The Kier molecular flexibility index (Phi) is 25.1. The van der Waals surface area contributed by atoms with Gasteiger partial charge in [0.05, 0.1) is 11.4 Å². The topological polar surface area (TPSA) is 13.0 Å². The fourth-order valence-corrected chi connectivity index (χ4v) is 18.7. The quantitative estimate of drug-likeness (QED) is 0.0901. The molecule has 20 aromatic rings. The van der Waals surface area contributed by atoms with E-state index in [4.69, 9.17) is 46.4 Å². The average molecular weight is 1720 g/mol. The number of anilines is 12. The van der Waals surface area contributed by atoms with Gasteiger partial charge < -0.3 is 19.6 Å². The van der Waals surface area contributed by atoms with Crippen LogP contribution < -0.4 is 19.6 Å². The average Bonchev–Trinajstić information content (AvgIpc) is 1.56. The Labute approximate surface area is 762 Å². The summed E-state index contributed by atoms with van der Waals surface area (Å²) < 4.78 is 2.62. The van der Waals surface area contributed by atoms with Crippen LogP contribution in [0.5, 0.6) is 0 Å². The molecular weight excluding hydrogens is 1640 g/mol. The summed E-state index contributed by atoms with van der Waals surface area (Å²) in [7, 11) is 0. The summed E-state index contributed by atoms with van der Waals surface area (Å²) >= 11 is 27.4. The standard InChI is InChI=1S/C33H26ClN.2C30H22ClN.C24H16ClNS/c1-33(2)28-18-8-6-17-27(28)32-29(33)19-11-21-31(32)35(25-15-10-14-24(34)22-25)30-20-9-7-16-26(30)23-12-4-3-5-13-23;31-27-14-8-16-30(22-27)32(28-19-17-25(18-20-28)23-9-3-1-4-10-23)29-15-7-13-26(21-29)24-11-5-2-6-12-24;31-27-12-7-13-30(22-27)32(28-18-14-25(15-19-28)23-8-3-1-4-9-23)29-20-16-26(17-21-29)24-10-5-2-6-11-24;25-17-7-6-10-19(15-17)26(18-8-2-1-3-9-18)20-13-14-24-22(16-20)21-11-4-5-12-23(21)27-24/h3-22H,1-2H3;2*1-22H;1-16H. The molecule has 608 valence electrons. The second-order valence-electron chi connectivity index (χ2n) is 31.3. The van der Waals surface area contributed by atoms with E-state index in [1.54, 1.807) is 0 Å². The molecule has 0 unspecified atom stereocenters. The minimum atomic E-state index is -0.0686. The van der Waals surface area contributed by atoms with Crippen LogP contribution in [-0.2, 0) is 5.41 Å². The molecule has 126 heavy (non-hydrogen) atoms. The van der Waals surface area contributed by atoms with Crippen LogP contribution in [0.4, 0.5) is 68.2 Å². The Morgan fingerprint density at radius 1 is 0.190 bits per heavy atom. The molecule has 0 radical (unpaired) electrons. The summed E-state index contributed by atoms with van der Waals surface area (Å²) in [6.07, 6.45) is 0. The van der Waals surface area contributed by atoms with Crippen LogP contribution in [0.15, 0.2) is 485 Å². The Morgan fingerprint density at radius 2 is 0.484 bits per heavy atom. The molecule has 1 aliphatic rings. The van der Waals surface area contributed by atoms with E-state index in [1.807, 2.05) is 108 Å². The van der Waals surface area contributed by atoms with Crippen molar-refractivity contribution in [1.82, 2.24) is 0 Å². The number of thiophene rings is 1. The van der Waals surface area contributed by atoms with Gasteiger partial charge in [-0.1, -0.05) is 376 Å². The molecule has 4 nitrogen and oxygen atoms in total. The fraction of sp³-hybridized carbons (Fsp3) is 0.0256. The number of fused-ring (bicyclic) bond motifs is 6. The molecule has 0 saturated heterocycles. The molecule has 0 atom stereocenters. The fourth-order valence-electron chi connectivity index (χ4n) is 16.8. The van der Waals surface area contributed by atoms with Crippen LogP contribution >= 0.6 is 57.7 Å². The van der Waals surface area contributed by atoms with Crippen LogP contribution in [0.1, 0.15) is 25.0 Å². The highest BCUT2D eigenvalue weighted by Gasteiger charge is 2.38. The number of hydrogen-bond acceptors (Lipinski definition) is 5. The molecule has 1 aromatic heterocycles. The molecule has 19 aromatic carbocycles. The van der Waals surface area contributed by atoms with Crippen molar-refractivity contribution in [3.8, 4) is 66.8 Å². The maximum absolute atomic E-state index is 6.54. The Bertz CT molecular complexity index is 7020. The van der Waals surface area contributed by atoms with Gasteiger partial charge in [-0.3, -0.25) is 0 Å². The maximum Gasteiger partial charge on any atom is 0.0543 e. The highest BCUT2D eigenvalue weighted by atomic mass is 35.5. The number of nitrogens with zero attached hydrogens (tertiary/aromatic N) is 4. The summed E-state index contributed by atoms with van der Waals surface area (Å²) in [5.41, 5.74) is 30.2. The molecule has 1 aliphatic carbocycles. The van der Waals surface area contributed by atoms with Crippen LogP contribution in [0.3, 0.4) is 0 Å². The van der Waals surface area contributed by atoms with Gasteiger partial charge >= 0.3 is 0 Å². The van der Waals surface area contributed by atoms with Gasteiger partial charge in [-0.2, -0.15) is 0 Å². The summed E-state index contributed by atoms with van der Waals surface area (Å²) in [5, 5.41) is 5.48. The number of para-hydroxylation sites is 2. The van der Waals surface area contributed by atoms with Gasteiger partial charge in [-0.15, -0.1) is 11.3 Å². The lowest BCUT2D eigenvalue weighted by Crippen LogP contribution is -2.16. The summed E-state index contributed by atoms with van der Waals surface area (Å²) in [4.78, 5) is 9.09. The molecule has 0 spiro atoms. The predicted octanol–water partition coefficient (Wildman–Crippen LogP) is 36.2. The van der Waals surface area contributed by atoms with Gasteiger partial charge in [0, 0.05) is 114 Å². The van der Waals surface area contributed by atoms with Crippen molar-refractivity contribution in [3.63, 3.8) is 0 Å². The first-order valence-corrected chi connectivity index (χ1v) is 44.4. The monoisotopic (exact) mass is 1720 g/mol. The highest BCUT2D eigenvalue weighted by Crippen LogP contribution is 2.56. The zero-order valence-corrected chi connectivity index (χ0v) is 73.2. The van der Waals surface area contributed by atoms with Gasteiger partial charge in [0.15, 0.2) is 0 Å². The van der Waals surface area contributed by atoms with E-state index in [9.17, 15) is 0 Å². The Balaban J connectivity index is 0.000000114. The smallest absolute Gasteiger partial charge is 0.0543 e. The molecule has 0 amide bonds. The number of hydrogen-bond donors (Lipinski definition) is 0. The van der Waals surface area contributed by atoms with E-state index < -0.39 is 0 Å². The maximum atomic E-state index is 6.54. The second-order valence-corrected chi connectivity index (χ2v) is 34.1. The minimum absolute atomic E-state index is 0.0686. The van der Waals surface area contributed by atoms with Gasteiger partial charge in [0.25, 0.3) is 0 Å². The first-order valence-electron chi connectivity index (χ1n) is 42.1. The van der Waals surface area contributed by atoms with Crippen molar-refractivity contribution in [2.24, 2.45) is 0 Å². The van der Waals surface area contributed by atoms with E-state index >= 15 is 0 Å². The molecule has 21 rings (SSSR count). The molecule has 0 N–H and O–H groups in total. The summed E-state index contributed by atoms with van der Waals surface area (Å²) in [6.45, 7) is 4.65. The van der Waals surface area contributed by atoms with Gasteiger partial charge in [0.1, 0.15) is 0 Å². The van der Waals surface area contributed by atoms with Gasteiger partial charge in [0.2, 0.25) is 0 Å². The zero-order valence-electron chi connectivity index (χ0n) is 69.4. The molecule has 0 saturated carbocycles. The van der Waals surface area contributed by atoms with E-state index in [1.165, 1.54) is 98.1 Å². The number of rotatable bonds is 17. The lowest BCUT2D eigenvalue weighted by molar-refractivity contribution is 0.660. The van der Waals surface area contributed by atoms with E-state index in [2.05, 4.69) is 422 Å². The summed E-state index contributed by atoms with van der Waals surface area (Å²) in [5.74, 6) is 0. The molecule has 0 fully saturated rings. The van der Waals surface area contributed by atoms with Crippen LogP contribution in [0.2, 0.25) is 20.1 Å². The van der Waals surface area contributed by atoms with Crippen molar-refractivity contribution in [3.05, 3.63) is 517 Å². The van der Waals surface area contributed by atoms with Crippen LogP contribution in [0.25, 0.3) is 86.9 Å². The van der Waals surface area contributed by atoms with Crippen LogP contribution in [0, 0.1) is 0 Å². The normalized spacial score (nSPS) is 11.5. The molecule has 9 heteroatoms. The Hall–Kier alpha value is -14.2. The lowest BCUT2D eigenvalue weighted by atomic mass is 9.82. The minimum Gasteiger partial charge on any atom is -0.310 e. The van der Waals surface area contributed by atoms with E-state index in [0.717, 1.165) is 78.3 Å². The number of halogens is 4. The summed E-state index contributed by atoms with van der Waals surface area (Å²) in [6, 6.07) is 169. The van der Waals surface area contributed by atoms with E-state index in [0.29, 0.717) is 10.0 Å². The number of benzene rings is 19. The van der Waals surface area contributed by atoms with Crippen molar-refractivity contribution in [1.29, 1.82) is 0 Å². The predicted molar refractivity (Wildman–Crippen MR) is 542 cm³/mol. The van der Waals surface area contributed by atoms with Crippen molar-refractivity contribution < 1.29 is 0 Å². The highest BCUT2D eigenvalue weighted by molar-refractivity contribution is 7.25. The van der Waals surface area contributed by atoms with Crippen LogP contribution in [-0.4, -0.2) is 0 Å². The van der Waals surface area contributed by atoms with Crippen molar-refractivity contribution >= 4 is 146 Å².